The van der Waals surface area contributed by atoms with E-state index in [0.29, 0.717) is 0 Å². The van der Waals surface area contributed by atoms with Crippen molar-refractivity contribution in [2.24, 2.45) is 4.99 Å². The van der Waals surface area contributed by atoms with E-state index in [4.69, 9.17) is 0 Å². The summed E-state index contributed by atoms with van der Waals surface area (Å²) in [5.41, 5.74) is 1.15. The summed E-state index contributed by atoms with van der Waals surface area (Å²) in [5, 5.41) is 1.14. The Morgan fingerprint density at radius 3 is 3.09 bits per heavy atom. The lowest BCUT2D eigenvalue weighted by molar-refractivity contribution is 1.17. The van der Waals surface area contributed by atoms with E-state index in [1.54, 1.807) is 18.0 Å². The molecular formula is C8H8N2S. The van der Waals surface area contributed by atoms with Gasteiger partial charge in [0.15, 0.2) is 0 Å². The minimum Gasteiger partial charge on any atom is -0.277 e. The minimum absolute atomic E-state index is 0.953. The van der Waals surface area contributed by atoms with Crippen molar-refractivity contribution in [1.82, 2.24) is 4.98 Å². The van der Waals surface area contributed by atoms with Gasteiger partial charge in [0.25, 0.3) is 0 Å². The quantitative estimate of drug-likeness (QED) is 0.629. The van der Waals surface area contributed by atoms with Gasteiger partial charge in [-0.25, -0.2) is 0 Å². The number of nitrogens with zero attached hydrogens (tertiary/aromatic N) is 2. The summed E-state index contributed by atoms with van der Waals surface area (Å²) in [7, 11) is 0. The number of hydrogen-bond acceptors (Lipinski definition) is 3. The van der Waals surface area contributed by atoms with Crippen LogP contribution in [0.3, 0.4) is 0 Å². The Morgan fingerprint density at radius 2 is 2.45 bits per heavy atom. The molecule has 0 saturated carbocycles. The molecule has 0 N–H and O–H groups in total. The molecule has 0 atom stereocenters. The molecule has 2 rings (SSSR count). The van der Waals surface area contributed by atoms with Gasteiger partial charge in [0.1, 0.15) is 0 Å². The van der Waals surface area contributed by atoms with Crippen molar-refractivity contribution in [2.45, 2.75) is 0 Å². The van der Waals surface area contributed by atoms with Crippen LogP contribution in [0.25, 0.3) is 0 Å². The maximum atomic E-state index is 4.35. The Bertz CT molecular complexity index is 269. The van der Waals surface area contributed by atoms with Crippen LogP contribution in [-0.4, -0.2) is 22.3 Å². The van der Waals surface area contributed by atoms with E-state index in [0.717, 1.165) is 22.9 Å². The van der Waals surface area contributed by atoms with Crippen molar-refractivity contribution in [3.8, 4) is 0 Å². The third kappa shape index (κ3) is 1.43. The van der Waals surface area contributed by atoms with Crippen molar-refractivity contribution in [2.75, 3.05) is 12.3 Å². The molecule has 0 bridgehead atoms. The first-order chi connectivity index (χ1) is 5.47. The highest BCUT2D eigenvalue weighted by atomic mass is 32.2. The van der Waals surface area contributed by atoms with Crippen molar-refractivity contribution >= 4 is 16.8 Å². The number of hydrogen-bond donors (Lipinski definition) is 0. The van der Waals surface area contributed by atoms with Crippen LogP contribution in [-0.2, 0) is 0 Å². The fourth-order valence-corrected chi connectivity index (χ4v) is 1.84. The second-order valence-corrected chi connectivity index (χ2v) is 3.36. The zero-order valence-corrected chi connectivity index (χ0v) is 6.84. The molecule has 0 radical (unpaired) electrons. The number of pyridine rings is 1. The molecule has 0 aromatic carbocycles. The predicted molar refractivity (Wildman–Crippen MR) is 48.1 cm³/mol. The van der Waals surface area contributed by atoms with Gasteiger partial charge in [-0.05, 0) is 12.1 Å². The molecule has 2 heterocycles. The van der Waals surface area contributed by atoms with Crippen LogP contribution >= 0.6 is 11.8 Å². The van der Waals surface area contributed by atoms with Crippen LogP contribution in [0.15, 0.2) is 29.5 Å². The van der Waals surface area contributed by atoms with Gasteiger partial charge >= 0.3 is 0 Å². The number of aliphatic imine (C=N–C) groups is 1. The lowest BCUT2D eigenvalue weighted by atomic mass is 10.3. The number of rotatable bonds is 1. The average molecular weight is 164 g/mol. The van der Waals surface area contributed by atoms with Gasteiger partial charge in [0.05, 0.1) is 5.04 Å². The summed E-state index contributed by atoms with van der Waals surface area (Å²) < 4.78 is 0. The molecule has 2 nitrogen and oxygen atoms in total. The molecule has 1 aliphatic heterocycles. The van der Waals surface area contributed by atoms with Crippen molar-refractivity contribution in [3.05, 3.63) is 30.1 Å². The molecule has 0 amide bonds. The Hall–Kier alpha value is -0.830. The lowest BCUT2D eigenvalue weighted by Gasteiger charge is -1.95. The zero-order valence-electron chi connectivity index (χ0n) is 6.03. The molecule has 11 heavy (non-hydrogen) atoms. The van der Waals surface area contributed by atoms with Gasteiger partial charge < -0.3 is 0 Å². The normalized spacial score (nSPS) is 16.5. The second-order valence-electron chi connectivity index (χ2n) is 2.28. The van der Waals surface area contributed by atoms with E-state index in [2.05, 4.69) is 9.98 Å². The smallest absolute Gasteiger partial charge is 0.0993 e. The molecule has 0 spiro atoms. The average Bonchev–Trinajstić information content (AvgIpc) is 2.58. The van der Waals surface area contributed by atoms with E-state index < -0.39 is 0 Å². The van der Waals surface area contributed by atoms with Gasteiger partial charge in [0.2, 0.25) is 0 Å². The summed E-state index contributed by atoms with van der Waals surface area (Å²) in [5.74, 6) is 1.12. The third-order valence-corrected chi connectivity index (χ3v) is 2.52. The molecular weight excluding hydrogens is 156 g/mol. The SMILES string of the molecule is c1cncc(C2=NCCS2)c1. The van der Waals surface area contributed by atoms with Gasteiger partial charge in [-0.3, -0.25) is 9.98 Å². The molecule has 0 unspecified atom stereocenters. The maximum absolute atomic E-state index is 4.35. The van der Waals surface area contributed by atoms with E-state index in [1.807, 2.05) is 18.3 Å². The maximum Gasteiger partial charge on any atom is 0.0993 e. The molecule has 1 aliphatic rings. The zero-order chi connectivity index (χ0) is 7.52. The highest BCUT2D eigenvalue weighted by molar-refractivity contribution is 8.14. The minimum atomic E-state index is 0.953. The van der Waals surface area contributed by atoms with Gasteiger partial charge in [0, 0.05) is 30.3 Å². The highest BCUT2D eigenvalue weighted by Gasteiger charge is 2.08. The summed E-state index contributed by atoms with van der Waals surface area (Å²) >= 11 is 1.81. The second kappa shape index (κ2) is 3.05. The summed E-state index contributed by atoms with van der Waals surface area (Å²) in [6.07, 6.45) is 3.64. The van der Waals surface area contributed by atoms with Crippen molar-refractivity contribution in [3.63, 3.8) is 0 Å². The summed E-state index contributed by atoms with van der Waals surface area (Å²) in [6.45, 7) is 0.953. The first-order valence-electron chi connectivity index (χ1n) is 3.54. The highest BCUT2D eigenvalue weighted by Crippen LogP contribution is 2.17. The Balaban J connectivity index is 2.29. The van der Waals surface area contributed by atoms with Crippen LogP contribution < -0.4 is 0 Å². The monoisotopic (exact) mass is 164 g/mol. The number of thioether (sulfide) groups is 1. The Kier molecular flexibility index (Phi) is 1.90. The molecule has 0 aliphatic carbocycles. The molecule has 56 valence electrons. The van der Waals surface area contributed by atoms with Crippen LogP contribution in [0, 0.1) is 0 Å². The van der Waals surface area contributed by atoms with E-state index in [1.165, 1.54) is 0 Å². The first-order valence-corrected chi connectivity index (χ1v) is 4.53. The van der Waals surface area contributed by atoms with Crippen LogP contribution in [0.1, 0.15) is 5.56 Å². The molecule has 3 heteroatoms. The lowest BCUT2D eigenvalue weighted by Crippen LogP contribution is -1.90. The Labute approximate surface area is 69.8 Å². The first kappa shape index (κ1) is 6.85. The molecule has 1 aromatic heterocycles. The van der Waals surface area contributed by atoms with Crippen LogP contribution in [0.4, 0.5) is 0 Å². The van der Waals surface area contributed by atoms with Gasteiger partial charge in [-0.1, -0.05) is 0 Å². The molecule has 1 aromatic rings. The molecule has 0 fully saturated rings. The molecule has 0 saturated heterocycles. The van der Waals surface area contributed by atoms with Gasteiger partial charge in [-0.15, -0.1) is 11.8 Å². The van der Waals surface area contributed by atoms with Crippen LogP contribution in [0.2, 0.25) is 0 Å². The van der Waals surface area contributed by atoms with Gasteiger partial charge in [-0.2, -0.15) is 0 Å². The van der Waals surface area contributed by atoms with Crippen molar-refractivity contribution in [1.29, 1.82) is 0 Å². The van der Waals surface area contributed by atoms with E-state index >= 15 is 0 Å². The summed E-state index contributed by atoms with van der Waals surface area (Å²) in [4.78, 5) is 8.38. The predicted octanol–water partition coefficient (Wildman–Crippen LogP) is 1.58. The van der Waals surface area contributed by atoms with E-state index in [9.17, 15) is 0 Å². The topological polar surface area (TPSA) is 25.2 Å². The third-order valence-electron chi connectivity index (χ3n) is 1.49. The fraction of sp³-hybridized carbons (Fsp3) is 0.250. The largest absolute Gasteiger partial charge is 0.277 e. The standard InChI is InChI=1S/C8H8N2S/c1-2-7(6-9-3-1)8-10-4-5-11-8/h1-3,6H,4-5H2. The Morgan fingerprint density at radius 1 is 1.45 bits per heavy atom. The van der Waals surface area contributed by atoms with E-state index in [-0.39, 0.29) is 0 Å². The fourth-order valence-electron chi connectivity index (χ4n) is 0.999. The number of aromatic nitrogens is 1. The summed E-state index contributed by atoms with van der Waals surface area (Å²) in [6, 6.07) is 3.99. The van der Waals surface area contributed by atoms with Crippen molar-refractivity contribution < 1.29 is 0 Å². The van der Waals surface area contributed by atoms with Crippen LogP contribution in [0.5, 0.6) is 0 Å².